The van der Waals surface area contributed by atoms with E-state index >= 15 is 0 Å². The minimum atomic E-state index is -4.56. The molecule has 0 saturated heterocycles. The lowest BCUT2D eigenvalue weighted by atomic mass is 10.3. The van der Waals surface area contributed by atoms with Crippen molar-refractivity contribution in [2.24, 2.45) is 0 Å². The molecular formula is C15H10F4N4O. The van der Waals surface area contributed by atoms with Crippen LogP contribution in [0.1, 0.15) is 10.4 Å². The summed E-state index contributed by atoms with van der Waals surface area (Å²) in [6.45, 7) is -1.41. The van der Waals surface area contributed by atoms with Crippen molar-refractivity contribution in [2.45, 2.75) is 12.7 Å². The van der Waals surface area contributed by atoms with Crippen LogP contribution in [0, 0.1) is 5.82 Å². The molecule has 124 valence electrons. The van der Waals surface area contributed by atoms with Gasteiger partial charge in [-0.25, -0.2) is 9.37 Å². The largest absolute Gasteiger partial charge is 0.406 e. The topological polar surface area (TPSA) is 59.8 Å². The molecule has 1 amide bonds. The summed E-state index contributed by atoms with van der Waals surface area (Å²) in [5, 5.41) is 2.31. The molecule has 0 aliphatic rings. The standard InChI is InChI=1S/C15H10F4N4O/c16-10-3-4-11-12(6-10)23(8-15(17,18)19)14(21-11)22-13(24)9-2-1-5-20-7-9/h1-7H,8H2,(H,21,22,24). The molecule has 0 aliphatic carbocycles. The summed E-state index contributed by atoms with van der Waals surface area (Å²) in [6, 6.07) is 6.24. The molecule has 9 heteroatoms. The molecule has 0 unspecified atom stereocenters. The average Bonchev–Trinajstić information content (AvgIpc) is 2.84. The van der Waals surface area contributed by atoms with Gasteiger partial charge in [-0.15, -0.1) is 0 Å². The molecular weight excluding hydrogens is 328 g/mol. The van der Waals surface area contributed by atoms with Crippen LogP contribution in [-0.4, -0.2) is 26.6 Å². The Kier molecular flexibility index (Phi) is 3.92. The van der Waals surface area contributed by atoms with Gasteiger partial charge in [0.05, 0.1) is 16.6 Å². The number of hydrogen-bond acceptors (Lipinski definition) is 3. The number of halogens is 4. The Labute approximate surface area is 132 Å². The Morgan fingerprint density at radius 2 is 2.04 bits per heavy atom. The first kappa shape index (κ1) is 15.9. The van der Waals surface area contributed by atoms with Crippen LogP contribution in [0.3, 0.4) is 0 Å². The van der Waals surface area contributed by atoms with Crippen LogP contribution in [0.4, 0.5) is 23.5 Å². The summed E-state index contributed by atoms with van der Waals surface area (Å²) >= 11 is 0. The first-order chi connectivity index (χ1) is 11.3. The van der Waals surface area contributed by atoms with Gasteiger partial charge in [0.1, 0.15) is 12.4 Å². The Balaban J connectivity index is 2.03. The normalized spacial score (nSPS) is 11.7. The monoisotopic (exact) mass is 338 g/mol. The number of alkyl halides is 3. The number of benzene rings is 1. The van der Waals surface area contributed by atoms with Gasteiger partial charge in [-0.2, -0.15) is 13.2 Å². The van der Waals surface area contributed by atoms with Crippen molar-refractivity contribution in [1.82, 2.24) is 14.5 Å². The van der Waals surface area contributed by atoms with Gasteiger partial charge < -0.3 is 4.57 Å². The number of carbonyl (C=O) groups is 1. The first-order valence-electron chi connectivity index (χ1n) is 6.77. The SMILES string of the molecule is O=C(Nc1nc2ccc(F)cc2n1CC(F)(F)F)c1cccnc1. The fraction of sp³-hybridized carbons (Fsp3) is 0.133. The van der Waals surface area contributed by atoms with Crippen LogP contribution in [0.25, 0.3) is 11.0 Å². The lowest BCUT2D eigenvalue weighted by molar-refractivity contribution is -0.139. The smallest absolute Gasteiger partial charge is 0.301 e. The summed E-state index contributed by atoms with van der Waals surface area (Å²) in [7, 11) is 0. The van der Waals surface area contributed by atoms with Gasteiger partial charge in [-0.1, -0.05) is 0 Å². The van der Waals surface area contributed by atoms with Crippen molar-refractivity contribution < 1.29 is 22.4 Å². The predicted molar refractivity (Wildman–Crippen MR) is 77.9 cm³/mol. The molecule has 3 rings (SSSR count). The summed E-state index contributed by atoms with van der Waals surface area (Å²) in [6.07, 6.45) is -1.84. The van der Waals surface area contributed by atoms with Gasteiger partial charge in [-0.05, 0) is 30.3 Å². The van der Waals surface area contributed by atoms with E-state index in [4.69, 9.17) is 0 Å². The number of hydrogen-bond donors (Lipinski definition) is 1. The molecule has 0 radical (unpaired) electrons. The number of nitrogens with one attached hydrogen (secondary N) is 1. The van der Waals surface area contributed by atoms with E-state index in [2.05, 4.69) is 15.3 Å². The molecule has 0 spiro atoms. The molecule has 0 fully saturated rings. The number of anilines is 1. The van der Waals surface area contributed by atoms with E-state index in [1.54, 1.807) is 0 Å². The van der Waals surface area contributed by atoms with E-state index in [1.807, 2.05) is 0 Å². The van der Waals surface area contributed by atoms with Gasteiger partial charge in [0.2, 0.25) is 5.95 Å². The number of carbonyl (C=O) groups excluding carboxylic acids is 1. The van der Waals surface area contributed by atoms with Crippen molar-refractivity contribution in [3.05, 3.63) is 54.1 Å². The highest BCUT2D eigenvalue weighted by molar-refractivity contribution is 6.03. The second kappa shape index (κ2) is 5.91. The lowest BCUT2D eigenvalue weighted by Crippen LogP contribution is -2.22. The third kappa shape index (κ3) is 3.34. The van der Waals surface area contributed by atoms with E-state index in [9.17, 15) is 22.4 Å². The molecule has 5 nitrogen and oxygen atoms in total. The van der Waals surface area contributed by atoms with Gasteiger partial charge in [0, 0.05) is 12.4 Å². The average molecular weight is 338 g/mol. The minimum absolute atomic E-state index is 0.0613. The van der Waals surface area contributed by atoms with Crippen LogP contribution < -0.4 is 5.32 Å². The summed E-state index contributed by atoms with van der Waals surface area (Å²) in [5.74, 6) is -1.68. The third-order valence-corrected chi connectivity index (χ3v) is 3.20. The summed E-state index contributed by atoms with van der Waals surface area (Å²) < 4.78 is 52.6. The molecule has 2 aromatic heterocycles. The van der Waals surface area contributed by atoms with Crippen LogP contribution in [0.5, 0.6) is 0 Å². The number of aromatic nitrogens is 3. The Morgan fingerprint density at radius 3 is 2.71 bits per heavy atom. The van der Waals surface area contributed by atoms with Crippen molar-refractivity contribution in [2.75, 3.05) is 5.32 Å². The Hall–Kier alpha value is -2.97. The predicted octanol–water partition coefficient (Wildman–Crippen LogP) is 3.39. The van der Waals surface area contributed by atoms with E-state index in [-0.39, 0.29) is 22.5 Å². The summed E-state index contributed by atoms with van der Waals surface area (Å²) in [5.41, 5.74) is 0.241. The molecule has 2 heterocycles. The van der Waals surface area contributed by atoms with E-state index in [0.717, 1.165) is 12.1 Å². The number of nitrogens with zero attached hydrogens (tertiary/aromatic N) is 3. The Morgan fingerprint density at radius 1 is 1.25 bits per heavy atom. The first-order valence-corrected chi connectivity index (χ1v) is 6.77. The quantitative estimate of drug-likeness (QED) is 0.745. The third-order valence-electron chi connectivity index (χ3n) is 3.20. The zero-order valence-corrected chi connectivity index (χ0v) is 12.0. The van der Waals surface area contributed by atoms with Crippen molar-refractivity contribution in [3.63, 3.8) is 0 Å². The number of rotatable bonds is 3. The number of fused-ring (bicyclic) bond motifs is 1. The highest BCUT2D eigenvalue weighted by Crippen LogP contribution is 2.26. The summed E-state index contributed by atoms with van der Waals surface area (Å²) in [4.78, 5) is 19.8. The maximum atomic E-state index is 13.4. The van der Waals surface area contributed by atoms with Gasteiger partial charge >= 0.3 is 6.18 Å². The highest BCUT2D eigenvalue weighted by Gasteiger charge is 2.31. The second-order valence-corrected chi connectivity index (χ2v) is 4.97. The fourth-order valence-electron chi connectivity index (χ4n) is 2.20. The van der Waals surface area contributed by atoms with Crippen LogP contribution >= 0.6 is 0 Å². The van der Waals surface area contributed by atoms with Crippen LogP contribution in [0.2, 0.25) is 0 Å². The Bertz CT molecular complexity index is 890. The lowest BCUT2D eigenvalue weighted by Gasteiger charge is -2.12. The van der Waals surface area contributed by atoms with Gasteiger partial charge in [0.25, 0.3) is 5.91 Å². The van der Waals surface area contributed by atoms with Crippen LogP contribution in [-0.2, 0) is 6.54 Å². The molecule has 0 saturated carbocycles. The van der Waals surface area contributed by atoms with Crippen LogP contribution in [0.15, 0.2) is 42.7 Å². The van der Waals surface area contributed by atoms with Crippen molar-refractivity contribution >= 4 is 22.9 Å². The zero-order valence-electron chi connectivity index (χ0n) is 12.0. The number of imidazole rings is 1. The van der Waals surface area contributed by atoms with Crippen molar-refractivity contribution in [3.8, 4) is 0 Å². The molecule has 1 N–H and O–H groups in total. The maximum absolute atomic E-state index is 13.4. The molecule has 0 atom stereocenters. The van der Waals surface area contributed by atoms with Gasteiger partial charge in [0.15, 0.2) is 0 Å². The zero-order chi connectivity index (χ0) is 17.3. The second-order valence-electron chi connectivity index (χ2n) is 4.97. The number of amides is 1. The van der Waals surface area contributed by atoms with Crippen molar-refractivity contribution in [1.29, 1.82) is 0 Å². The number of pyridine rings is 1. The minimum Gasteiger partial charge on any atom is -0.301 e. The highest BCUT2D eigenvalue weighted by atomic mass is 19.4. The van der Waals surface area contributed by atoms with E-state index in [0.29, 0.717) is 4.57 Å². The van der Waals surface area contributed by atoms with Gasteiger partial charge in [-0.3, -0.25) is 15.1 Å². The van der Waals surface area contributed by atoms with E-state index < -0.39 is 24.4 Å². The molecule has 0 aliphatic heterocycles. The maximum Gasteiger partial charge on any atom is 0.406 e. The molecule has 24 heavy (non-hydrogen) atoms. The molecule has 0 bridgehead atoms. The fourth-order valence-corrected chi connectivity index (χ4v) is 2.20. The molecule has 3 aromatic rings. The van der Waals surface area contributed by atoms with E-state index in [1.165, 1.54) is 30.6 Å². The molecule has 1 aromatic carbocycles.